The van der Waals surface area contributed by atoms with Crippen molar-refractivity contribution < 1.29 is 0 Å². The van der Waals surface area contributed by atoms with E-state index in [1.54, 1.807) is 0 Å². The molecule has 3 aromatic heterocycles. The van der Waals surface area contributed by atoms with E-state index in [2.05, 4.69) is 247 Å². The molecule has 3 heterocycles. The Labute approximate surface area is 427 Å². The van der Waals surface area contributed by atoms with E-state index in [9.17, 15) is 0 Å². The molecular weight excluding hydrogens is 891 g/mol. The van der Waals surface area contributed by atoms with E-state index in [4.69, 9.17) is 12.6 Å². The minimum absolute atomic E-state index is 0.916. The van der Waals surface area contributed by atoms with Gasteiger partial charge >= 0.3 is 0 Å². The van der Waals surface area contributed by atoms with Crippen molar-refractivity contribution in [1.82, 2.24) is 14.1 Å². The van der Waals surface area contributed by atoms with Crippen molar-refractivity contribution in [1.29, 1.82) is 0 Å². The maximum Gasteiger partial charge on any atom is 0.0541 e. The number of para-hydroxylation sites is 2. The Morgan fingerprint density at radius 2 is 0.889 bits per heavy atom. The molecule has 0 N–H and O–H groups in total. The summed E-state index contributed by atoms with van der Waals surface area (Å²) in [4.78, 5) is 5.44. The average molecular weight is 944 g/mol. The van der Waals surface area contributed by atoms with Gasteiger partial charge in [-0.1, -0.05) is 140 Å². The normalized spacial score (nSPS) is 12.2. The van der Waals surface area contributed by atoms with Crippen LogP contribution in [-0.4, -0.2) is 14.1 Å². The van der Waals surface area contributed by atoms with E-state index >= 15 is 0 Å². The molecule has 12 rings (SSSR count). The summed E-state index contributed by atoms with van der Waals surface area (Å²) < 4.78 is 4.80. The van der Waals surface area contributed by atoms with Crippen molar-refractivity contribution in [2.24, 2.45) is 0 Å². The van der Waals surface area contributed by atoms with E-state index in [0.29, 0.717) is 0 Å². The fourth-order valence-electron chi connectivity index (χ4n) is 10.9. The summed E-state index contributed by atoms with van der Waals surface area (Å²) in [7, 11) is 0. The van der Waals surface area contributed by atoms with Gasteiger partial charge in [-0.15, -0.1) is 12.6 Å². The van der Waals surface area contributed by atoms with Crippen LogP contribution in [0.3, 0.4) is 0 Å². The van der Waals surface area contributed by atoms with Gasteiger partial charge in [0, 0.05) is 55.8 Å². The third-order valence-corrected chi connectivity index (χ3v) is 15.0. The lowest BCUT2D eigenvalue weighted by molar-refractivity contribution is 1.18. The van der Waals surface area contributed by atoms with Crippen molar-refractivity contribution in [3.63, 3.8) is 0 Å². The first-order valence-corrected chi connectivity index (χ1v) is 25.4. The van der Waals surface area contributed by atoms with Crippen molar-refractivity contribution in [2.45, 2.75) is 34.1 Å². The molecule has 0 aliphatic carbocycles. The van der Waals surface area contributed by atoms with Gasteiger partial charge in [0.25, 0.3) is 0 Å². The summed E-state index contributed by atoms with van der Waals surface area (Å²) >= 11 is 4.81. The summed E-state index contributed by atoms with van der Waals surface area (Å²) in [5, 5.41) is 4.90. The van der Waals surface area contributed by atoms with Crippen molar-refractivity contribution in [3.05, 3.63) is 252 Å². The van der Waals surface area contributed by atoms with Gasteiger partial charge in [0.05, 0.1) is 22.1 Å². The zero-order valence-corrected chi connectivity index (χ0v) is 41.8. The number of pyridine rings is 1. The van der Waals surface area contributed by atoms with Crippen LogP contribution in [0.2, 0.25) is 0 Å². The number of hydrogen-bond acceptors (Lipinski definition) is 2. The smallest absolute Gasteiger partial charge is 0.0541 e. The highest BCUT2D eigenvalue weighted by atomic mass is 32.1. The molecule has 0 aliphatic rings. The lowest BCUT2D eigenvalue weighted by Crippen LogP contribution is -1.93. The monoisotopic (exact) mass is 943 g/mol. The first-order valence-electron chi connectivity index (χ1n) is 24.9. The standard InChI is InChI=1S/C68H53N3S/c1-5-14-68(72)57(6-2)47-23-21-46(22-24-47)51-26-31-64-59(39-51)60-40-52(27-32-65(60)70(64)55-17-9-7-10-18-55)48-15-13-16-49(38-48)53-28-33-66-61(41-53)62-42-54(29-34-67(62)71(66)56-19-11-8-12-20-56)50-25-30-58(45(4)37-50)63-43-69-36-35-44(63)3/h5,7-43,72H,6H2,1-4H3/b14-5-,68-57-. The van der Waals surface area contributed by atoms with E-state index in [-0.39, 0.29) is 0 Å². The van der Waals surface area contributed by atoms with E-state index < -0.39 is 0 Å². The molecule has 0 amide bonds. The Balaban J connectivity index is 0.954. The largest absolute Gasteiger partial charge is 0.309 e. The molecule has 0 saturated carbocycles. The van der Waals surface area contributed by atoms with Crippen molar-refractivity contribution >= 4 is 61.8 Å². The Kier molecular flexibility index (Phi) is 11.6. The van der Waals surface area contributed by atoms with Crippen LogP contribution in [0.25, 0.3) is 116 Å². The Hall–Kier alpha value is -8.44. The topological polar surface area (TPSA) is 22.8 Å². The van der Waals surface area contributed by atoms with E-state index in [0.717, 1.165) is 22.7 Å². The highest BCUT2D eigenvalue weighted by Gasteiger charge is 2.18. The number of benzene rings is 9. The molecule has 0 bridgehead atoms. The molecule has 0 spiro atoms. The fourth-order valence-corrected chi connectivity index (χ4v) is 11.3. The summed E-state index contributed by atoms with van der Waals surface area (Å²) in [5.41, 5.74) is 23.8. The quantitative estimate of drug-likeness (QED) is 0.107. The van der Waals surface area contributed by atoms with Crippen LogP contribution >= 0.6 is 12.6 Å². The molecule has 4 heteroatoms. The van der Waals surface area contributed by atoms with Crippen LogP contribution in [0.4, 0.5) is 0 Å². The molecular formula is C68H53N3S. The molecule has 346 valence electrons. The lowest BCUT2D eigenvalue weighted by Gasteiger charge is -2.12. The highest BCUT2D eigenvalue weighted by Crippen LogP contribution is 2.41. The van der Waals surface area contributed by atoms with E-state index in [1.807, 2.05) is 25.4 Å². The van der Waals surface area contributed by atoms with E-state index in [1.165, 1.54) is 122 Å². The van der Waals surface area contributed by atoms with Gasteiger partial charge in [-0.3, -0.25) is 4.98 Å². The molecule has 0 unspecified atom stereocenters. The number of allylic oxidation sites excluding steroid dienone is 3. The number of aryl methyl sites for hydroxylation is 2. The fraction of sp³-hybridized carbons (Fsp3) is 0.0735. The van der Waals surface area contributed by atoms with Crippen LogP contribution in [0.1, 0.15) is 37.0 Å². The first-order chi connectivity index (χ1) is 35.3. The second-order valence-corrected chi connectivity index (χ2v) is 19.3. The van der Waals surface area contributed by atoms with Crippen LogP contribution in [0, 0.1) is 13.8 Å². The zero-order chi connectivity index (χ0) is 48.9. The predicted octanol–water partition coefficient (Wildman–Crippen LogP) is 18.9. The summed E-state index contributed by atoms with van der Waals surface area (Å²) in [6.07, 6.45) is 8.87. The van der Waals surface area contributed by atoms with Gasteiger partial charge in [-0.2, -0.15) is 0 Å². The van der Waals surface area contributed by atoms with Crippen molar-refractivity contribution in [3.8, 4) is 67.0 Å². The Bertz CT molecular complexity index is 4100. The molecule has 0 radical (unpaired) electrons. The van der Waals surface area contributed by atoms with Crippen molar-refractivity contribution in [2.75, 3.05) is 0 Å². The number of fused-ring (bicyclic) bond motifs is 6. The van der Waals surface area contributed by atoms with Crippen LogP contribution in [-0.2, 0) is 0 Å². The summed E-state index contributed by atoms with van der Waals surface area (Å²) in [5.74, 6) is 0. The van der Waals surface area contributed by atoms with Gasteiger partial charge in [0.2, 0.25) is 0 Å². The molecule has 0 aliphatic heterocycles. The Morgan fingerprint density at radius 3 is 1.35 bits per heavy atom. The maximum absolute atomic E-state index is 4.81. The third kappa shape index (κ3) is 7.95. The first kappa shape index (κ1) is 44.7. The molecule has 72 heavy (non-hydrogen) atoms. The molecule has 0 saturated heterocycles. The minimum Gasteiger partial charge on any atom is -0.309 e. The molecule has 3 nitrogen and oxygen atoms in total. The number of hydrogen-bond donors (Lipinski definition) is 1. The van der Waals surface area contributed by atoms with Gasteiger partial charge < -0.3 is 9.13 Å². The number of rotatable bonds is 10. The minimum atomic E-state index is 0.916. The van der Waals surface area contributed by atoms with Gasteiger partial charge in [-0.05, 0) is 184 Å². The molecule has 0 fully saturated rings. The lowest BCUT2D eigenvalue weighted by atomic mass is 9.94. The van der Waals surface area contributed by atoms with Crippen LogP contribution in [0.5, 0.6) is 0 Å². The second kappa shape index (κ2) is 18.7. The molecule has 9 aromatic carbocycles. The van der Waals surface area contributed by atoms with Gasteiger partial charge in [-0.25, -0.2) is 0 Å². The number of thiol groups is 1. The molecule has 0 atom stereocenters. The van der Waals surface area contributed by atoms with Gasteiger partial charge in [0.1, 0.15) is 0 Å². The van der Waals surface area contributed by atoms with Crippen LogP contribution in [0.15, 0.2) is 236 Å². The maximum atomic E-state index is 4.81. The second-order valence-electron chi connectivity index (χ2n) is 18.9. The van der Waals surface area contributed by atoms with Gasteiger partial charge in [0.15, 0.2) is 0 Å². The third-order valence-electron chi connectivity index (χ3n) is 14.5. The summed E-state index contributed by atoms with van der Waals surface area (Å²) in [6, 6.07) is 76.2. The average Bonchev–Trinajstić information content (AvgIpc) is 3.93. The Morgan fingerprint density at radius 1 is 0.444 bits per heavy atom. The molecule has 12 aromatic rings. The SMILES string of the molecule is C/C=C\C(S)=C(/CC)c1ccc(-c2ccc3c(c2)c2cc(-c4cccc(-c5ccc6c(c5)c5cc(-c7ccc(-c8cnccc8C)c(C)c7)ccc5n6-c5ccccc5)c4)ccc2n3-c2ccccc2)cc1. The number of aromatic nitrogens is 3. The number of nitrogens with zero attached hydrogens (tertiary/aromatic N) is 3. The summed E-state index contributed by atoms with van der Waals surface area (Å²) in [6.45, 7) is 8.58. The zero-order valence-electron chi connectivity index (χ0n) is 40.9. The highest BCUT2D eigenvalue weighted by molar-refractivity contribution is 7.85. The predicted molar refractivity (Wildman–Crippen MR) is 311 cm³/mol. The van der Waals surface area contributed by atoms with Crippen LogP contribution < -0.4 is 0 Å².